The second-order valence-corrected chi connectivity index (χ2v) is 3.72. The Balaban J connectivity index is 0.00000128. The predicted octanol–water partition coefficient (Wildman–Crippen LogP) is -2.07. The molecule has 0 aromatic carbocycles. The zero-order valence-electron chi connectivity index (χ0n) is 9.23. The molecule has 2 rings (SSSR count). The first-order valence-corrected chi connectivity index (χ1v) is 5.22. The van der Waals surface area contributed by atoms with Crippen molar-refractivity contribution in [3.63, 3.8) is 0 Å². The highest BCUT2D eigenvalue weighted by molar-refractivity contribution is 5.67. The Kier molecular flexibility index (Phi) is 4.55. The Bertz CT molecular complexity index is 365. The van der Waals surface area contributed by atoms with Gasteiger partial charge in [-0.2, -0.15) is 4.84 Å². The maximum Gasteiger partial charge on any atom is 0.478 e. The van der Waals surface area contributed by atoms with Crippen LogP contribution in [0.5, 0.6) is 0 Å². The van der Waals surface area contributed by atoms with Gasteiger partial charge in [-0.25, -0.2) is 4.79 Å². The van der Waals surface area contributed by atoms with E-state index in [1.807, 2.05) is 25.1 Å². The Labute approximate surface area is 101 Å². The first-order valence-electron chi connectivity index (χ1n) is 5.22. The number of nitrogens with zero attached hydrogens (tertiary/aromatic N) is 2. The van der Waals surface area contributed by atoms with Crippen LogP contribution in [0, 0.1) is 6.92 Å². The highest BCUT2D eigenvalue weighted by Gasteiger charge is 2.23. The molecule has 0 unspecified atom stereocenters. The van der Waals surface area contributed by atoms with Gasteiger partial charge in [0.1, 0.15) is 0 Å². The smallest absolute Gasteiger partial charge is 0.478 e. The monoisotopic (exact) mass is 242 g/mol. The molecule has 0 spiro atoms. The molecule has 0 N–H and O–H groups in total. The molecule has 0 atom stereocenters. The first kappa shape index (κ1) is 12.8. The van der Waals surface area contributed by atoms with Gasteiger partial charge >= 0.3 is 6.09 Å². The molecule has 0 bridgehead atoms. The second-order valence-electron chi connectivity index (χ2n) is 3.72. The van der Waals surface area contributed by atoms with E-state index in [0.717, 1.165) is 31.6 Å². The van der Waals surface area contributed by atoms with Crippen molar-refractivity contribution >= 4 is 6.09 Å². The summed E-state index contributed by atoms with van der Waals surface area (Å²) in [4.78, 5) is 18.6. The summed E-state index contributed by atoms with van der Waals surface area (Å²) in [5.74, 6) is 0. The number of rotatable bonds is 1. The summed E-state index contributed by atoms with van der Waals surface area (Å²) in [6.45, 7) is 3.52. The van der Waals surface area contributed by atoms with E-state index in [1.54, 1.807) is 11.1 Å². The van der Waals surface area contributed by atoms with Gasteiger partial charge in [0, 0.05) is 36.9 Å². The fourth-order valence-electron chi connectivity index (χ4n) is 1.66. The number of hydrogen-bond donors (Lipinski definition) is 0. The van der Waals surface area contributed by atoms with E-state index in [1.165, 1.54) is 4.73 Å². The maximum atomic E-state index is 11.6. The lowest BCUT2D eigenvalue weighted by Crippen LogP contribution is -3.00. The van der Waals surface area contributed by atoms with Crippen LogP contribution < -0.4 is 22.0 Å². The molecule has 1 aromatic rings. The van der Waals surface area contributed by atoms with E-state index >= 15 is 0 Å². The SMILES string of the molecule is Cc1cccc[n+]1OC(=O)N1CCCC1.[Cl-]. The average molecular weight is 243 g/mol. The van der Waals surface area contributed by atoms with Crippen LogP contribution in [0.3, 0.4) is 0 Å². The van der Waals surface area contributed by atoms with Crippen LogP contribution in [0.25, 0.3) is 0 Å². The van der Waals surface area contributed by atoms with Crippen LogP contribution in [-0.2, 0) is 0 Å². The van der Waals surface area contributed by atoms with Crippen molar-refractivity contribution in [3.8, 4) is 0 Å². The zero-order chi connectivity index (χ0) is 10.7. The van der Waals surface area contributed by atoms with E-state index < -0.39 is 0 Å². The number of pyridine rings is 1. The van der Waals surface area contributed by atoms with Crippen molar-refractivity contribution in [3.05, 3.63) is 30.1 Å². The normalized spacial score (nSPS) is 14.4. The molecule has 1 saturated heterocycles. The average Bonchev–Trinajstić information content (AvgIpc) is 2.74. The highest BCUT2D eigenvalue weighted by Crippen LogP contribution is 2.06. The van der Waals surface area contributed by atoms with Crippen molar-refractivity contribution in [2.75, 3.05) is 13.1 Å². The summed E-state index contributed by atoms with van der Waals surface area (Å²) < 4.78 is 1.50. The van der Waals surface area contributed by atoms with Gasteiger partial charge in [-0.05, 0) is 18.9 Å². The van der Waals surface area contributed by atoms with Gasteiger partial charge in [0.2, 0.25) is 11.9 Å². The predicted molar refractivity (Wildman–Crippen MR) is 54.2 cm³/mol. The maximum absolute atomic E-state index is 11.6. The Morgan fingerprint density at radius 3 is 2.69 bits per heavy atom. The van der Waals surface area contributed by atoms with E-state index in [9.17, 15) is 4.79 Å². The lowest BCUT2D eigenvalue weighted by Gasteiger charge is -2.10. The summed E-state index contributed by atoms with van der Waals surface area (Å²) in [7, 11) is 0. The summed E-state index contributed by atoms with van der Waals surface area (Å²) in [6, 6.07) is 5.65. The molecule has 16 heavy (non-hydrogen) atoms. The van der Waals surface area contributed by atoms with Gasteiger partial charge in [0.05, 0.1) is 0 Å². The molecule has 88 valence electrons. The third-order valence-electron chi connectivity index (χ3n) is 2.56. The van der Waals surface area contributed by atoms with Crippen LogP contribution in [0.2, 0.25) is 0 Å². The molecular weight excluding hydrogens is 228 g/mol. The van der Waals surface area contributed by atoms with Crippen LogP contribution in [0.1, 0.15) is 18.5 Å². The highest BCUT2D eigenvalue weighted by atomic mass is 35.5. The second kappa shape index (κ2) is 5.70. The molecule has 0 aliphatic carbocycles. The minimum atomic E-state index is -0.258. The number of carbonyl (C=O) groups is 1. The molecule has 4 nitrogen and oxygen atoms in total. The standard InChI is InChI=1S/C11H15N2O2.ClH/c1-10-6-2-3-9-13(10)15-11(14)12-7-4-5-8-12;/h2-3,6,9H,4-5,7-8H2,1H3;1H/q+1;/p-1. The molecule has 1 aliphatic heterocycles. The van der Waals surface area contributed by atoms with Crippen molar-refractivity contribution in [2.45, 2.75) is 19.8 Å². The number of aryl methyl sites for hydroxylation is 1. The molecule has 1 fully saturated rings. The Hall–Kier alpha value is -1.29. The van der Waals surface area contributed by atoms with Crippen LogP contribution in [-0.4, -0.2) is 24.1 Å². The van der Waals surface area contributed by atoms with Gasteiger partial charge in [0.25, 0.3) is 0 Å². The van der Waals surface area contributed by atoms with E-state index in [0.29, 0.717) is 0 Å². The molecule has 2 heterocycles. The van der Waals surface area contributed by atoms with E-state index in [4.69, 9.17) is 4.84 Å². The molecular formula is C11H15ClN2O2. The molecule has 0 saturated carbocycles. The zero-order valence-corrected chi connectivity index (χ0v) is 9.98. The summed E-state index contributed by atoms with van der Waals surface area (Å²) in [5.41, 5.74) is 0.907. The van der Waals surface area contributed by atoms with Crippen molar-refractivity contribution < 1.29 is 26.8 Å². The fourth-order valence-corrected chi connectivity index (χ4v) is 1.66. The van der Waals surface area contributed by atoms with Crippen LogP contribution >= 0.6 is 0 Å². The van der Waals surface area contributed by atoms with Crippen LogP contribution in [0.15, 0.2) is 24.4 Å². The summed E-state index contributed by atoms with van der Waals surface area (Å²) in [5, 5.41) is 0. The van der Waals surface area contributed by atoms with Crippen molar-refractivity contribution in [2.24, 2.45) is 0 Å². The summed E-state index contributed by atoms with van der Waals surface area (Å²) >= 11 is 0. The minimum absolute atomic E-state index is 0. The topological polar surface area (TPSA) is 33.4 Å². The quantitative estimate of drug-likeness (QED) is 0.531. The first-order chi connectivity index (χ1) is 7.27. The Morgan fingerprint density at radius 2 is 2.06 bits per heavy atom. The third-order valence-corrected chi connectivity index (χ3v) is 2.56. The molecule has 1 amide bonds. The minimum Gasteiger partial charge on any atom is -1.00 e. The largest absolute Gasteiger partial charge is 1.00 e. The van der Waals surface area contributed by atoms with Gasteiger partial charge in [0.15, 0.2) is 0 Å². The van der Waals surface area contributed by atoms with Crippen molar-refractivity contribution in [1.82, 2.24) is 4.90 Å². The lowest BCUT2D eigenvalue weighted by atomic mass is 10.4. The number of halogens is 1. The third kappa shape index (κ3) is 2.85. The fraction of sp³-hybridized carbons (Fsp3) is 0.455. The number of carbonyl (C=O) groups excluding carboxylic acids is 1. The summed E-state index contributed by atoms with van der Waals surface area (Å²) in [6.07, 6.45) is 3.64. The van der Waals surface area contributed by atoms with Gasteiger partial charge in [-0.3, -0.25) is 0 Å². The van der Waals surface area contributed by atoms with Crippen LogP contribution in [0.4, 0.5) is 4.79 Å². The van der Waals surface area contributed by atoms with Gasteiger partial charge in [-0.15, -0.1) is 0 Å². The van der Waals surface area contributed by atoms with E-state index in [-0.39, 0.29) is 18.5 Å². The molecule has 1 aliphatic rings. The number of likely N-dealkylation sites (tertiary alicyclic amines) is 1. The molecule has 0 radical (unpaired) electrons. The number of hydrogen-bond acceptors (Lipinski definition) is 2. The number of aromatic nitrogens is 1. The van der Waals surface area contributed by atoms with Gasteiger partial charge < -0.3 is 17.3 Å². The van der Waals surface area contributed by atoms with E-state index in [2.05, 4.69) is 0 Å². The number of amides is 1. The van der Waals surface area contributed by atoms with Crippen molar-refractivity contribution in [1.29, 1.82) is 0 Å². The Morgan fingerprint density at radius 1 is 1.38 bits per heavy atom. The lowest BCUT2D eigenvalue weighted by molar-refractivity contribution is -0.873. The molecule has 5 heteroatoms. The molecule has 1 aromatic heterocycles. The van der Waals surface area contributed by atoms with Gasteiger partial charge in [-0.1, -0.05) is 0 Å².